The predicted molar refractivity (Wildman–Crippen MR) is 98.9 cm³/mol. The second-order valence-corrected chi connectivity index (χ2v) is 7.31. The van der Waals surface area contributed by atoms with Gasteiger partial charge in [-0.2, -0.15) is 0 Å². The van der Waals surface area contributed by atoms with E-state index in [2.05, 4.69) is 10.6 Å². The van der Waals surface area contributed by atoms with Gasteiger partial charge in [-0.1, -0.05) is 0 Å². The van der Waals surface area contributed by atoms with Crippen LogP contribution in [0, 0.1) is 0 Å². The van der Waals surface area contributed by atoms with Crippen molar-refractivity contribution in [3.8, 4) is 11.5 Å². The lowest BCUT2D eigenvalue weighted by atomic mass is 10.2. The van der Waals surface area contributed by atoms with E-state index in [-0.39, 0.29) is 10.0 Å². The number of benzene rings is 2. The highest BCUT2D eigenvalue weighted by atomic mass is 32.2. The minimum Gasteiger partial charge on any atom is -0.486 e. The molecule has 10 heteroatoms. The molecule has 0 atom stereocenters. The first kappa shape index (κ1) is 18.1. The van der Waals surface area contributed by atoms with Gasteiger partial charge in [0.25, 0.3) is 5.91 Å². The van der Waals surface area contributed by atoms with Gasteiger partial charge in [0.1, 0.15) is 13.2 Å². The van der Waals surface area contributed by atoms with Crippen LogP contribution in [-0.2, 0) is 10.0 Å². The van der Waals surface area contributed by atoms with Crippen molar-refractivity contribution in [2.75, 3.05) is 18.5 Å². The highest BCUT2D eigenvalue weighted by Crippen LogP contribution is 2.30. The Bertz CT molecular complexity index is 958. The summed E-state index contributed by atoms with van der Waals surface area (Å²) in [6.45, 7) is 0.892. The van der Waals surface area contributed by atoms with E-state index in [1.807, 2.05) is 0 Å². The highest BCUT2D eigenvalue weighted by Gasteiger charge is 2.16. The third-order valence-electron chi connectivity index (χ3n) is 3.47. The Hall–Kier alpha value is -2.69. The lowest BCUT2D eigenvalue weighted by Crippen LogP contribution is -2.34. The molecule has 0 aromatic heterocycles. The zero-order valence-electron chi connectivity index (χ0n) is 13.4. The molecule has 1 aliphatic heterocycles. The molecule has 1 aliphatic rings. The number of hydrogen-bond acceptors (Lipinski definition) is 6. The number of thiocarbonyl (C=S) groups is 1. The van der Waals surface area contributed by atoms with Gasteiger partial charge in [0, 0.05) is 11.3 Å². The number of nitrogens with one attached hydrogen (secondary N) is 2. The molecule has 0 bridgehead atoms. The fourth-order valence-electron chi connectivity index (χ4n) is 2.25. The Morgan fingerprint density at radius 2 is 1.69 bits per heavy atom. The predicted octanol–water partition coefficient (Wildman–Crippen LogP) is 1.23. The number of ether oxygens (including phenoxy) is 2. The molecule has 1 heterocycles. The maximum atomic E-state index is 12.3. The van der Waals surface area contributed by atoms with E-state index in [9.17, 15) is 13.2 Å². The Morgan fingerprint density at radius 1 is 1.04 bits per heavy atom. The molecule has 0 saturated carbocycles. The van der Waals surface area contributed by atoms with E-state index in [1.165, 1.54) is 24.3 Å². The van der Waals surface area contributed by atoms with Crippen molar-refractivity contribution in [1.82, 2.24) is 5.32 Å². The zero-order chi connectivity index (χ0) is 18.7. The zero-order valence-corrected chi connectivity index (χ0v) is 15.0. The summed E-state index contributed by atoms with van der Waals surface area (Å²) in [6.07, 6.45) is 0. The fraction of sp³-hybridized carbons (Fsp3) is 0.125. The third-order valence-corrected chi connectivity index (χ3v) is 4.61. The molecule has 0 fully saturated rings. The van der Waals surface area contributed by atoms with Gasteiger partial charge in [-0.05, 0) is 54.7 Å². The van der Waals surface area contributed by atoms with Gasteiger partial charge in [-0.3, -0.25) is 10.1 Å². The maximum absolute atomic E-state index is 12.3. The van der Waals surface area contributed by atoms with Crippen LogP contribution in [0.4, 0.5) is 5.69 Å². The van der Waals surface area contributed by atoms with Crippen LogP contribution in [0.5, 0.6) is 11.5 Å². The quantitative estimate of drug-likeness (QED) is 0.671. The lowest BCUT2D eigenvalue weighted by Gasteiger charge is -2.18. The standard InChI is InChI=1S/C16H15N3O5S2/c17-26(21,22)12-4-2-11(3-5-12)18-16(25)19-15(20)10-1-6-13-14(9-10)24-8-7-23-13/h1-6,9H,7-8H2,(H2,17,21,22)(H2,18,19,20,25). The fourth-order valence-corrected chi connectivity index (χ4v) is 2.98. The molecule has 136 valence electrons. The number of amides is 1. The van der Waals surface area contributed by atoms with Gasteiger partial charge in [-0.25, -0.2) is 13.6 Å². The average Bonchev–Trinajstić information content (AvgIpc) is 2.61. The summed E-state index contributed by atoms with van der Waals surface area (Å²) in [6, 6.07) is 10.5. The smallest absolute Gasteiger partial charge is 0.257 e. The Labute approximate surface area is 155 Å². The number of hydrogen-bond donors (Lipinski definition) is 3. The second-order valence-electron chi connectivity index (χ2n) is 5.34. The molecular weight excluding hydrogens is 378 g/mol. The Morgan fingerprint density at radius 3 is 2.35 bits per heavy atom. The van der Waals surface area contributed by atoms with E-state index >= 15 is 0 Å². The third kappa shape index (κ3) is 4.28. The first-order valence-corrected chi connectivity index (χ1v) is 9.43. The van der Waals surface area contributed by atoms with Crippen LogP contribution < -0.4 is 25.2 Å². The van der Waals surface area contributed by atoms with Crippen molar-refractivity contribution in [2.45, 2.75) is 4.90 Å². The number of carbonyl (C=O) groups excluding carboxylic acids is 1. The molecule has 3 rings (SSSR count). The monoisotopic (exact) mass is 393 g/mol. The van der Waals surface area contributed by atoms with E-state index < -0.39 is 15.9 Å². The molecule has 2 aromatic rings. The maximum Gasteiger partial charge on any atom is 0.257 e. The van der Waals surface area contributed by atoms with Crippen molar-refractivity contribution in [1.29, 1.82) is 0 Å². The molecule has 0 aliphatic carbocycles. The summed E-state index contributed by atoms with van der Waals surface area (Å²) in [5.74, 6) is 0.672. The van der Waals surface area contributed by atoms with Gasteiger partial charge in [0.05, 0.1) is 4.90 Å². The SMILES string of the molecule is NS(=O)(=O)c1ccc(NC(=S)NC(=O)c2ccc3c(c2)OCCO3)cc1. The number of carbonyl (C=O) groups is 1. The van der Waals surface area contributed by atoms with Gasteiger partial charge in [0.15, 0.2) is 16.6 Å². The van der Waals surface area contributed by atoms with Crippen molar-refractivity contribution < 1.29 is 22.7 Å². The van der Waals surface area contributed by atoms with Crippen LogP contribution in [0.3, 0.4) is 0 Å². The summed E-state index contributed by atoms with van der Waals surface area (Å²) in [5, 5.41) is 10.4. The van der Waals surface area contributed by atoms with Crippen LogP contribution in [0.1, 0.15) is 10.4 Å². The van der Waals surface area contributed by atoms with Gasteiger partial charge < -0.3 is 14.8 Å². The van der Waals surface area contributed by atoms with E-state index in [4.69, 9.17) is 26.8 Å². The number of sulfonamides is 1. The molecule has 0 spiro atoms. The normalized spacial score (nSPS) is 13.0. The van der Waals surface area contributed by atoms with E-state index in [0.29, 0.717) is 36.0 Å². The van der Waals surface area contributed by atoms with Crippen LogP contribution >= 0.6 is 12.2 Å². The molecule has 0 radical (unpaired) electrons. The number of rotatable bonds is 3. The molecule has 1 amide bonds. The summed E-state index contributed by atoms with van der Waals surface area (Å²) in [7, 11) is -3.76. The summed E-state index contributed by atoms with van der Waals surface area (Å²) < 4.78 is 33.3. The van der Waals surface area contributed by atoms with Crippen molar-refractivity contribution in [3.05, 3.63) is 48.0 Å². The van der Waals surface area contributed by atoms with Crippen LogP contribution in [0.15, 0.2) is 47.4 Å². The molecule has 0 unspecified atom stereocenters. The van der Waals surface area contributed by atoms with Gasteiger partial charge in [-0.15, -0.1) is 0 Å². The number of fused-ring (bicyclic) bond motifs is 1. The Balaban J connectivity index is 1.63. The van der Waals surface area contributed by atoms with Crippen LogP contribution in [0.2, 0.25) is 0 Å². The lowest BCUT2D eigenvalue weighted by molar-refractivity contribution is 0.0976. The molecular formula is C16H15N3O5S2. The molecule has 2 aromatic carbocycles. The first-order valence-electron chi connectivity index (χ1n) is 7.48. The minimum atomic E-state index is -3.76. The van der Waals surface area contributed by atoms with Crippen molar-refractivity contribution in [3.63, 3.8) is 0 Å². The number of anilines is 1. The van der Waals surface area contributed by atoms with Crippen LogP contribution in [-0.4, -0.2) is 32.7 Å². The largest absolute Gasteiger partial charge is 0.486 e. The molecule has 8 nitrogen and oxygen atoms in total. The average molecular weight is 393 g/mol. The summed E-state index contributed by atoms with van der Waals surface area (Å²) in [4.78, 5) is 12.3. The topological polar surface area (TPSA) is 120 Å². The number of primary sulfonamides is 1. The van der Waals surface area contributed by atoms with Crippen molar-refractivity contribution >= 4 is 38.9 Å². The van der Waals surface area contributed by atoms with Gasteiger partial charge in [0.2, 0.25) is 10.0 Å². The summed E-state index contributed by atoms with van der Waals surface area (Å²) >= 11 is 5.10. The van der Waals surface area contributed by atoms with E-state index in [1.54, 1.807) is 18.2 Å². The van der Waals surface area contributed by atoms with Gasteiger partial charge >= 0.3 is 0 Å². The molecule has 26 heavy (non-hydrogen) atoms. The number of nitrogens with two attached hydrogens (primary N) is 1. The molecule has 4 N–H and O–H groups in total. The van der Waals surface area contributed by atoms with E-state index in [0.717, 1.165) is 0 Å². The van der Waals surface area contributed by atoms with Crippen molar-refractivity contribution in [2.24, 2.45) is 5.14 Å². The minimum absolute atomic E-state index is 0.0192. The first-order chi connectivity index (χ1) is 12.3. The highest BCUT2D eigenvalue weighted by molar-refractivity contribution is 7.89. The molecule has 0 saturated heterocycles. The van der Waals surface area contributed by atoms with Crippen LogP contribution in [0.25, 0.3) is 0 Å². The Kier molecular flexibility index (Phi) is 5.07. The summed E-state index contributed by atoms with van der Waals surface area (Å²) in [5.41, 5.74) is 0.868. The second kappa shape index (κ2) is 7.28.